The molecule has 11 heteroatoms. The molecule has 0 saturated carbocycles. The maximum atomic E-state index is 12.6. The van der Waals surface area contributed by atoms with Gasteiger partial charge in [0.2, 0.25) is 5.91 Å². The third-order valence-electron chi connectivity index (χ3n) is 3.77. The lowest BCUT2D eigenvalue weighted by Crippen LogP contribution is -2.42. The van der Waals surface area contributed by atoms with E-state index in [0.29, 0.717) is 13.0 Å². The van der Waals surface area contributed by atoms with E-state index in [2.05, 4.69) is 15.1 Å². The Balaban J connectivity index is 2.39. The number of nitrogens with two attached hydrogens (primary N) is 1. The number of anilines is 2. The number of hydrogen-bond donors (Lipinski definition) is 2. The average Bonchev–Trinajstić information content (AvgIpc) is 3.05. The molecule has 0 spiro atoms. The van der Waals surface area contributed by atoms with Crippen LogP contribution in [0, 0.1) is 11.3 Å². The number of nitrogen functional groups attached to an aromatic ring is 1. The summed E-state index contributed by atoms with van der Waals surface area (Å²) in [4.78, 5) is 44.0. The first-order chi connectivity index (χ1) is 12.4. The van der Waals surface area contributed by atoms with Gasteiger partial charge in [-0.3, -0.25) is 19.1 Å². The van der Waals surface area contributed by atoms with Gasteiger partial charge in [0.05, 0.1) is 0 Å². The number of nitriles is 1. The van der Waals surface area contributed by atoms with Crippen LogP contribution in [0.5, 0.6) is 0 Å². The zero-order chi connectivity index (χ0) is 19.3. The van der Waals surface area contributed by atoms with Gasteiger partial charge in [0.1, 0.15) is 24.8 Å². The Kier molecular flexibility index (Phi) is 5.90. The summed E-state index contributed by atoms with van der Waals surface area (Å²) in [5.41, 5.74) is 4.62. The molecule has 0 aliphatic heterocycles. The summed E-state index contributed by atoms with van der Waals surface area (Å²) in [6.45, 7) is 3.92. The minimum atomic E-state index is -0.730. The molecule has 3 N–H and O–H groups in total. The summed E-state index contributed by atoms with van der Waals surface area (Å²) in [6, 6.07) is 1.77. The highest BCUT2D eigenvalue weighted by Gasteiger charge is 2.23. The van der Waals surface area contributed by atoms with Crippen molar-refractivity contribution in [1.82, 2.24) is 24.3 Å². The molecule has 0 radical (unpaired) electrons. The van der Waals surface area contributed by atoms with E-state index in [4.69, 9.17) is 11.0 Å². The lowest BCUT2D eigenvalue weighted by atomic mass is 10.3. The zero-order valence-corrected chi connectivity index (χ0v) is 14.6. The monoisotopic (exact) mass is 360 g/mol. The second-order valence-electron chi connectivity index (χ2n) is 5.51. The van der Waals surface area contributed by atoms with Gasteiger partial charge in [-0.2, -0.15) is 5.26 Å². The van der Waals surface area contributed by atoms with Crippen LogP contribution in [0.3, 0.4) is 0 Å². The van der Waals surface area contributed by atoms with Crippen molar-refractivity contribution in [1.29, 1.82) is 5.26 Å². The third kappa shape index (κ3) is 3.80. The predicted molar refractivity (Wildman–Crippen MR) is 93.4 cm³/mol. The van der Waals surface area contributed by atoms with Gasteiger partial charge in [0.15, 0.2) is 5.69 Å². The summed E-state index contributed by atoms with van der Waals surface area (Å²) in [7, 11) is 0. The van der Waals surface area contributed by atoms with E-state index in [0.717, 1.165) is 6.42 Å². The number of likely N-dealkylation sites (N-methyl/N-ethyl adjacent to an activating group) is 1. The maximum Gasteiger partial charge on any atom is 0.330 e. The number of nitrogens with one attached hydrogen (secondary N) is 1. The summed E-state index contributed by atoms with van der Waals surface area (Å²) < 4.78 is 2.44. The summed E-state index contributed by atoms with van der Waals surface area (Å²) >= 11 is 0. The van der Waals surface area contributed by atoms with Crippen LogP contribution in [0.15, 0.2) is 15.9 Å². The van der Waals surface area contributed by atoms with Crippen LogP contribution in [0.4, 0.5) is 11.5 Å². The molecule has 0 aliphatic carbocycles. The molecule has 2 rings (SSSR count). The molecule has 138 valence electrons. The molecular formula is C15H20N8O3. The standard InChI is InChI=1S/C15H20N8O3/c1-3-5-6-23-13(17)12(14(25)19-15(23)26)22(4-2)11(24)8-21-9-18-10(7-16)20-21/h9H,3-6,8,17H2,1-2H3,(H,19,25,26). The lowest BCUT2D eigenvalue weighted by Gasteiger charge is -2.23. The van der Waals surface area contributed by atoms with E-state index in [1.165, 1.54) is 20.5 Å². The number of aromatic amines is 1. The number of aromatic nitrogens is 5. The Morgan fingerprint density at radius 3 is 2.73 bits per heavy atom. The molecule has 0 aliphatic rings. The number of carbonyl (C=O) groups excluding carboxylic acids is 1. The number of H-pyrrole nitrogens is 1. The maximum absolute atomic E-state index is 12.6. The molecule has 0 atom stereocenters. The molecule has 2 aromatic heterocycles. The molecule has 0 aromatic carbocycles. The Hall–Kier alpha value is -3.42. The van der Waals surface area contributed by atoms with E-state index >= 15 is 0 Å². The molecular weight excluding hydrogens is 340 g/mol. The number of hydrogen-bond acceptors (Lipinski definition) is 7. The van der Waals surface area contributed by atoms with Crippen molar-refractivity contribution in [2.75, 3.05) is 17.2 Å². The molecule has 0 saturated heterocycles. The van der Waals surface area contributed by atoms with Crippen LogP contribution in [0.1, 0.15) is 32.5 Å². The molecule has 0 fully saturated rings. The van der Waals surface area contributed by atoms with Crippen molar-refractivity contribution in [2.45, 2.75) is 39.8 Å². The first kappa shape index (κ1) is 18.9. The number of nitrogens with zero attached hydrogens (tertiary/aromatic N) is 6. The summed E-state index contributed by atoms with van der Waals surface area (Å²) in [5.74, 6) is -0.593. The predicted octanol–water partition coefficient (Wildman–Crippen LogP) is -0.565. The molecule has 1 amide bonds. The van der Waals surface area contributed by atoms with Crippen LogP contribution >= 0.6 is 0 Å². The van der Waals surface area contributed by atoms with Crippen molar-refractivity contribution in [3.63, 3.8) is 0 Å². The molecule has 2 heterocycles. The highest BCUT2D eigenvalue weighted by molar-refractivity contribution is 5.95. The fourth-order valence-electron chi connectivity index (χ4n) is 2.48. The molecule has 0 unspecified atom stereocenters. The van der Waals surface area contributed by atoms with Crippen molar-refractivity contribution in [3.05, 3.63) is 33.0 Å². The SMILES string of the molecule is CCCCn1c(N)c(N(CC)C(=O)Cn2cnc(C#N)n2)c(=O)[nH]c1=O. The average molecular weight is 360 g/mol. The van der Waals surface area contributed by atoms with E-state index in [9.17, 15) is 14.4 Å². The number of rotatable bonds is 7. The summed E-state index contributed by atoms with van der Waals surface area (Å²) in [6.07, 6.45) is 2.79. The van der Waals surface area contributed by atoms with Gasteiger partial charge in [-0.05, 0) is 13.3 Å². The molecule has 0 bridgehead atoms. The quantitative estimate of drug-likeness (QED) is 0.670. The van der Waals surface area contributed by atoms with Gasteiger partial charge >= 0.3 is 5.69 Å². The first-order valence-electron chi connectivity index (χ1n) is 8.15. The van der Waals surface area contributed by atoms with E-state index in [-0.39, 0.29) is 30.4 Å². The van der Waals surface area contributed by atoms with Crippen LogP contribution in [-0.4, -0.2) is 36.8 Å². The minimum Gasteiger partial charge on any atom is -0.383 e. The minimum absolute atomic E-state index is 0.0568. The van der Waals surface area contributed by atoms with Crippen molar-refractivity contribution in [2.24, 2.45) is 0 Å². The normalized spacial score (nSPS) is 10.5. The molecule has 2 aromatic rings. The van der Waals surface area contributed by atoms with E-state index in [1.807, 2.05) is 6.92 Å². The number of unbranched alkanes of at least 4 members (excludes halogenated alkanes) is 1. The second kappa shape index (κ2) is 8.11. The van der Waals surface area contributed by atoms with Gasteiger partial charge < -0.3 is 10.6 Å². The van der Waals surface area contributed by atoms with Crippen LogP contribution < -0.4 is 21.9 Å². The summed E-state index contributed by atoms with van der Waals surface area (Å²) in [5, 5.41) is 12.6. The van der Waals surface area contributed by atoms with Crippen LogP contribution in [-0.2, 0) is 17.9 Å². The fraction of sp³-hybridized carbons (Fsp3) is 0.467. The third-order valence-corrected chi connectivity index (χ3v) is 3.77. The Morgan fingerprint density at radius 2 is 2.15 bits per heavy atom. The van der Waals surface area contributed by atoms with Gasteiger partial charge in [0.25, 0.3) is 11.4 Å². The van der Waals surface area contributed by atoms with Gasteiger partial charge in [-0.1, -0.05) is 13.3 Å². The first-order valence-corrected chi connectivity index (χ1v) is 8.15. The largest absolute Gasteiger partial charge is 0.383 e. The van der Waals surface area contributed by atoms with Gasteiger partial charge in [-0.15, -0.1) is 5.10 Å². The highest BCUT2D eigenvalue weighted by atomic mass is 16.2. The van der Waals surface area contributed by atoms with E-state index in [1.54, 1.807) is 13.0 Å². The van der Waals surface area contributed by atoms with Crippen molar-refractivity contribution >= 4 is 17.4 Å². The highest BCUT2D eigenvalue weighted by Crippen LogP contribution is 2.17. The molecule has 26 heavy (non-hydrogen) atoms. The number of amides is 1. The Morgan fingerprint density at radius 1 is 1.42 bits per heavy atom. The second-order valence-corrected chi connectivity index (χ2v) is 5.51. The number of carbonyl (C=O) groups is 1. The van der Waals surface area contributed by atoms with Gasteiger partial charge in [0, 0.05) is 13.1 Å². The van der Waals surface area contributed by atoms with Crippen molar-refractivity contribution in [3.8, 4) is 6.07 Å². The van der Waals surface area contributed by atoms with Crippen LogP contribution in [0.25, 0.3) is 0 Å². The Bertz CT molecular complexity index is 949. The zero-order valence-electron chi connectivity index (χ0n) is 14.6. The molecule has 11 nitrogen and oxygen atoms in total. The van der Waals surface area contributed by atoms with E-state index < -0.39 is 17.2 Å². The lowest BCUT2D eigenvalue weighted by molar-refractivity contribution is -0.119. The van der Waals surface area contributed by atoms with Crippen molar-refractivity contribution < 1.29 is 4.79 Å². The topological polar surface area (TPSA) is 156 Å². The van der Waals surface area contributed by atoms with Crippen LogP contribution in [0.2, 0.25) is 0 Å². The Labute approximate surface area is 148 Å². The fourth-order valence-corrected chi connectivity index (χ4v) is 2.48. The van der Waals surface area contributed by atoms with Gasteiger partial charge in [-0.25, -0.2) is 14.5 Å². The smallest absolute Gasteiger partial charge is 0.330 e.